The third-order valence-corrected chi connectivity index (χ3v) is 8.20. The van der Waals surface area contributed by atoms with Crippen LogP contribution in [-0.4, -0.2) is 52.6 Å². The van der Waals surface area contributed by atoms with Crippen molar-refractivity contribution in [3.8, 4) is 0 Å². The van der Waals surface area contributed by atoms with Gasteiger partial charge in [-0.2, -0.15) is 0 Å². The van der Waals surface area contributed by atoms with E-state index >= 15 is 0 Å². The van der Waals surface area contributed by atoms with Crippen molar-refractivity contribution in [1.29, 1.82) is 0 Å². The van der Waals surface area contributed by atoms with Crippen molar-refractivity contribution < 1.29 is 28.4 Å². The molecule has 0 spiro atoms. The molecule has 0 saturated heterocycles. The zero-order valence-electron chi connectivity index (χ0n) is 23.5. The number of anilines is 1. The van der Waals surface area contributed by atoms with Gasteiger partial charge < -0.3 is 30.3 Å². The Labute approximate surface area is 241 Å². The molecule has 1 aromatic carbocycles. The highest BCUT2D eigenvalue weighted by Gasteiger charge is 2.50. The van der Waals surface area contributed by atoms with E-state index in [9.17, 15) is 28.8 Å². The molecule has 3 saturated carbocycles. The van der Waals surface area contributed by atoms with Gasteiger partial charge in [-0.1, -0.05) is 18.2 Å². The summed E-state index contributed by atoms with van der Waals surface area (Å²) in [7, 11) is 1.31. The minimum absolute atomic E-state index is 0.000722. The number of fused-ring (bicyclic) bond motifs is 2. The molecule has 42 heavy (non-hydrogen) atoms. The van der Waals surface area contributed by atoms with E-state index in [1.807, 2.05) is 0 Å². The zero-order valence-corrected chi connectivity index (χ0v) is 23.5. The molecule has 2 aromatic heterocycles. The number of aromatic nitrogens is 1. The molecule has 2 heterocycles. The molecule has 0 unspecified atom stereocenters. The third kappa shape index (κ3) is 5.83. The van der Waals surface area contributed by atoms with Crippen molar-refractivity contribution in [3.05, 3.63) is 64.3 Å². The van der Waals surface area contributed by atoms with E-state index in [0.717, 1.165) is 31.1 Å². The number of nitrogens with zero attached hydrogens (tertiary/aromatic N) is 1. The van der Waals surface area contributed by atoms with Crippen molar-refractivity contribution in [2.75, 3.05) is 12.4 Å². The third-order valence-electron chi connectivity index (χ3n) is 8.20. The predicted molar refractivity (Wildman–Crippen MR) is 153 cm³/mol. The Morgan fingerprint density at radius 1 is 1.10 bits per heavy atom. The molecule has 12 heteroatoms. The standard InChI is InChI=1S/C30H33N5O7/c1-17-19-6-3-4-8-23(19)42-25(17)28(40)32-20(9-10-22(36)27(39)31-2)26(38)33-21-7-5-13-35(29(21)41)16-24(37)34-30-12-11-18(14-30)15-30/h3-8,13,18,20H,9-12,14-16H2,1-2H3,(H,31,39)(H,32,40)(H,33,38)(H,34,37)/t18?,20-,30?/m0/s1. The number of hydrogen-bond donors (Lipinski definition) is 4. The Balaban J connectivity index is 1.31. The molecule has 0 radical (unpaired) electrons. The molecule has 220 valence electrons. The SMILES string of the molecule is CNC(=O)C(=O)CC[C@H](NC(=O)c1oc2ccccc2c1C)C(=O)Nc1cccn(CC(=O)NC23CCC(C2)C3)c1=O. The second-order valence-electron chi connectivity index (χ2n) is 11.1. The van der Waals surface area contributed by atoms with Crippen LogP contribution in [0.25, 0.3) is 11.0 Å². The summed E-state index contributed by atoms with van der Waals surface area (Å²) in [6.07, 6.45) is 4.88. The lowest BCUT2D eigenvalue weighted by atomic mass is 9.77. The van der Waals surface area contributed by atoms with Crippen LogP contribution in [0.2, 0.25) is 0 Å². The Hall–Kier alpha value is -4.74. The number of para-hydroxylation sites is 1. The molecule has 4 N–H and O–H groups in total. The second-order valence-corrected chi connectivity index (χ2v) is 11.1. The number of hydrogen-bond acceptors (Lipinski definition) is 7. The first-order valence-electron chi connectivity index (χ1n) is 13.9. The van der Waals surface area contributed by atoms with Crippen LogP contribution >= 0.6 is 0 Å². The average Bonchev–Trinajstić information content (AvgIpc) is 3.65. The van der Waals surface area contributed by atoms with Gasteiger partial charge >= 0.3 is 0 Å². The Bertz CT molecular complexity index is 1630. The lowest BCUT2D eigenvalue weighted by Crippen LogP contribution is -2.53. The lowest BCUT2D eigenvalue weighted by molar-refractivity contribution is -0.137. The maximum Gasteiger partial charge on any atom is 0.287 e. The molecular formula is C30H33N5O7. The molecular weight excluding hydrogens is 542 g/mol. The molecule has 3 fully saturated rings. The number of aryl methyl sites for hydroxylation is 1. The summed E-state index contributed by atoms with van der Waals surface area (Å²) < 4.78 is 6.91. The minimum atomic E-state index is -1.29. The normalized spacial score (nSPS) is 19.4. The second kappa shape index (κ2) is 11.6. The summed E-state index contributed by atoms with van der Waals surface area (Å²) in [6, 6.07) is 8.71. The summed E-state index contributed by atoms with van der Waals surface area (Å²) in [5.74, 6) is -2.67. The van der Waals surface area contributed by atoms with Gasteiger partial charge in [-0.25, -0.2) is 0 Å². The number of carbonyl (C=O) groups is 5. The van der Waals surface area contributed by atoms with Gasteiger partial charge in [0.2, 0.25) is 17.6 Å². The van der Waals surface area contributed by atoms with E-state index in [-0.39, 0.29) is 42.3 Å². The summed E-state index contributed by atoms with van der Waals surface area (Å²) in [4.78, 5) is 76.3. The van der Waals surface area contributed by atoms with E-state index in [2.05, 4.69) is 21.3 Å². The van der Waals surface area contributed by atoms with Crippen LogP contribution in [0.3, 0.4) is 0 Å². The number of likely N-dealkylation sites (N-methyl/N-ethyl adjacent to an activating group) is 1. The number of nitrogens with one attached hydrogen (secondary N) is 4. The first kappa shape index (κ1) is 28.8. The minimum Gasteiger partial charge on any atom is -0.451 e. The molecule has 3 aromatic rings. The molecule has 2 bridgehead atoms. The number of rotatable bonds is 11. The zero-order chi connectivity index (χ0) is 30.0. The Kier molecular flexibility index (Phi) is 7.97. The number of amides is 4. The van der Waals surface area contributed by atoms with Gasteiger partial charge in [0.25, 0.3) is 17.4 Å². The molecule has 12 nitrogen and oxygen atoms in total. The number of pyridine rings is 1. The van der Waals surface area contributed by atoms with Gasteiger partial charge in [0, 0.05) is 36.2 Å². The lowest BCUT2D eigenvalue weighted by Gasteiger charge is -2.39. The van der Waals surface area contributed by atoms with Crippen molar-refractivity contribution in [1.82, 2.24) is 20.5 Å². The van der Waals surface area contributed by atoms with E-state index in [0.29, 0.717) is 17.1 Å². The summed E-state index contributed by atoms with van der Waals surface area (Å²) in [6.45, 7) is 1.50. The fourth-order valence-electron chi connectivity index (χ4n) is 5.98. The van der Waals surface area contributed by atoms with Crippen molar-refractivity contribution >= 4 is 46.1 Å². The predicted octanol–water partition coefficient (Wildman–Crippen LogP) is 1.79. The average molecular weight is 576 g/mol. The number of carbonyl (C=O) groups excluding carboxylic acids is 5. The van der Waals surface area contributed by atoms with Gasteiger partial charge in [0.1, 0.15) is 23.9 Å². The number of benzene rings is 1. The van der Waals surface area contributed by atoms with Crippen molar-refractivity contribution in [2.45, 2.75) is 63.6 Å². The maximum atomic E-state index is 13.4. The number of furan rings is 1. The van der Waals surface area contributed by atoms with E-state index in [1.54, 1.807) is 31.2 Å². The van der Waals surface area contributed by atoms with E-state index < -0.39 is 35.1 Å². The monoisotopic (exact) mass is 575 g/mol. The van der Waals surface area contributed by atoms with Gasteiger partial charge in [0.05, 0.1) is 0 Å². The van der Waals surface area contributed by atoms with Crippen molar-refractivity contribution in [3.63, 3.8) is 0 Å². The van der Waals surface area contributed by atoms with Crippen LogP contribution in [-0.2, 0) is 25.7 Å². The highest BCUT2D eigenvalue weighted by atomic mass is 16.3. The van der Waals surface area contributed by atoms with Gasteiger partial charge in [0.15, 0.2) is 5.76 Å². The first-order chi connectivity index (χ1) is 20.1. The molecule has 3 aliphatic rings. The topological polar surface area (TPSA) is 169 Å². The van der Waals surface area contributed by atoms with E-state index in [4.69, 9.17) is 4.42 Å². The summed E-state index contributed by atoms with van der Waals surface area (Å²) in [5, 5.41) is 11.1. The number of Topliss-reactive ketones (excluding diaryl/α,β-unsaturated/α-hetero) is 1. The smallest absolute Gasteiger partial charge is 0.287 e. The van der Waals surface area contributed by atoms with Gasteiger partial charge in [-0.3, -0.25) is 28.8 Å². The maximum absolute atomic E-state index is 13.4. The molecule has 0 aliphatic heterocycles. The molecule has 4 amide bonds. The van der Waals surface area contributed by atoms with E-state index in [1.165, 1.54) is 29.9 Å². The Morgan fingerprint density at radius 3 is 2.55 bits per heavy atom. The largest absolute Gasteiger partial charge is 0.451 e. The van der Waals surface area contributed by atoms with Gasteiger partial charge in [-0.15, -0.1) is 0 Å². The van der Waals surface area contributed by atoms with Crippen LogP contribution in [0, 0.1) is 12.8 Å². The summed E-state index contributed by atoms with van der Waals surface area (Å²) >= 11 is 0. The van der Waals surface area contributed by atoms with Gasteiger partial charge in [-0.05, 0) is 63.1 Å². The quantitative estimate of drug-likeness (QED) is 0.253. The number of ketones is 1. The van der Waals surface area contributed by atoms with Crippen LogP contribution in [0.5, 0.6) is 0 Å². The molecule has 1 atom stereocenters. The van der Waals surface area contributed by atoms with Crippen LogP contribution in [0.15, 0.2) is 51.8 Å². The summed E-state index contributed by atoms with van der Waals surface area (Å²) in [5.41, 5.74) is 0.204. The first-order valence-corrected chi connectivity index (χ1v) is 13.9. The van der Waals surface area contributed by atoms with Crippen molar-refractivity contribution in [2.24, 2.45) is 5.92 Å². The Morgan fingerprint density at radius 2 is 1.86 bits per heavy atom. The highest BCUT2D eigenvalue weighted by Crippen LogP contribution is 2.51. The van der Waals surface area contributed by atoms with Crippen LogP contribution < -0.4 is 26.8 Å². The fourth-order valence-corrected chi connectivity index (χ4v) is 5.98. The molecule has 6 rings (SSSR count). The van der Waals surface area contributed by atoms with Crippen LogP contribution in [0.1, 0.15) is 54.6 Å². The fraction of sp³-hybridized carbons (Fsp3) is 0.400. The molecule has 3 aliphatic carbocycles. The highest BCUT2D eigenvalue weighted by molar-refractivity contribution is 6.36. The van der Waals surface area contributed by atoms with Crippen LogP contribution in [0.4, 0.5) is 5.69 Å².